The van der Waals surface area contributed by atoms with Gasteiger partial charge in [-0.1, -0.05) is 12.8 Å². The summed E-state index contributed by atoms with van der Waals surface area (Å²) in [6.45, 7) is 4.84. The van der Waals surface area contributed by atoms with Crippen molar-refractivity contribution in [2.75, 3.05) is 61.0 Å². The minimum Gasteiger partial charge on any atom is -0.385 e. The lowest BCUT2D eigenvalue weighted by Crippen LogP contribution is -2.52. The quantitative estimate of drug-likeness (QED) is 0.227. The molecule has 2 fully saturated rings. The van der Waals surface area contributed by atoms with E-state index in [9.17, 15) is 4.79 Å². The van der Waals surface area contributed by atoms with Crippen molar-refractivity contribution < 1.29 is 9.53 Å². The van der Waals surface area contributed by atoms with Gasteiger partial charge < -0.3 is 25.2 Å². The van der Waals surface area contributed by atoms with Crippen molar-refractivity contribution >= 4 is 35.8 Å². The molecule has 164 valence electrons. The summed E-state index contributed by atoms with van der Waals surface area (Å²) in [7, 11) is 7.28. The second-order valence-corrected chi connectivity index (χ2v) is 8.22. The van der Waals surface area contributed by atoms with Crippen LogP contribution in [-0.2, 0) is 9.53 Å². The first-order valence-electron chi connectivity index (χ1n) is 10.4. The molecule has 1 amide bonds. The SMILES string of the molecule is CN=C(NCC1(C(=O)N(C)C)CCCC1)NC1CCN(CCCOC)CC1.I. The number of nitrogens with one attached hydrogen (secondary N) is 2. The Balaban J connectivity index is 0.00000392. The fourth-order valence-electron chi connectivity index (χ4n) is 4.37. The Bertz CT molecular complexity index is 487. The zero-order valence-corrected chi connectivity index (χ0v) is 20.5. The molecule has 1 saturated heterocycles. The zero-order valence-electron chi connectivity index (χ0n) is 18.1. The predicted octanol–water partition coefficient (Wildman–Crippen LogP) is 1.92. The minimum atomic E-state index is -0.272. The number of carbonyl (C=O) groups is 1. The number of hydrogen-bond acceptors (Lipinski definition) is 4. The molecular formula is C20H40IN5O2. The van der Waals surface area contributed by atoms with Gasteiger partial charge in [-0.25, -0.2) is 0 Å². The number of hydrogen-bond donors (Lipinski definition) is 2. The zero-order chi connectivity index (χ0) is 19.7. The standard InChI is InChI=1S/C20H39N5O2.HI/c1-21-19(22-16-20(10-5-6-11-20)18(26)24(2)3)23-17-8-13-25(14-9-17)12-7-15-27-4;/h17H,5-16H2,1-4H3,(H2,21,22,23);1H. The Hall–Kier alpha value is -0.610. The van der Waals surface area contributed by atoms with Crippen molar-refractivity contribution in [3.63, 3.8) is 0 Å². The van der Waals surface area contributed by atoms with Crippen LogP contribution in [0.25, 0.3) is 0 Å². The third-order valence-electron chi connectivity index (χ3n) is 5.99. The summed E-state index contributed by atoms with van der Waals surface area (Å²) in [5, 5.41) is 7.02. The van der Waals surface area contributed by atoms with E-state index in [1.54, 1.807) is 12.0 Å². The maximum atomic E-state index is 12.7. The van der Waals surface area contributed by atoms with Crippen LogP contribution in [0.1, 0.15) is 44.9 Å². The van der Waals surface area contributed by atoms with Crippen LogP contribution in [0.15, 0.2) is 4.99 Å². The summed E-state index contributed by atoms with van der Waals surface area (Å²) in [6.07, 6.45) is 7.54. The normalized spacial score (nSPS) is 20.5. The molecule has 28 heavy (non-hydrogen) atoms. The Labute approximate surface area is 188 Å². The highest BCUT2D eigenvalue weighted by molar-refractivity contribution is 14.0. The van der Waals surface area contributed by atoms with Crippen LogP contribution in [0.5, 0.6) is 0 Å². The molecule has 1 heterocycles. The minimum absolute atomic E-state index is 0. The number of halogens is 1. The van der Waals surface area contributed by atoms with Gasteiger partial charge in [0, 0.05) is 67.1 Å². The lowest BCUT2D eigenvalue weighted by Gasteiger charge is -2.34. The van der Waals surface area contributed by atoms with E-state index >= 15 is 0 Å². The van der Waals surface area contributed by atoms with Crippen molar-refractivity contribution in [2.24, 2.45) is 10.4 Å². The highest BCUT2D eigenvalue weighted by Gasteiger charge is 2.42. The number of amides is 1. The van der Waals surface area contributed by atoms with E-state index in [0.29, 0.717) is 12.6 Å². The molecule has 1 saturated carbocycles. The van der Waals surface area contributed by atoms with Gasteiger partial charge in [-0.15, -0.1) is 24.0 Å². The molecule has 0 aromatic heterocycles. The number of nitrogens with zero attached hydrogens (tertiary/aromatic N) is 3. The average Bonchev–Trinajstić information content (AvgIpc) is 3.16. The number of aliphatic imine (C=N–C) groups is 1. The molecule has 2 aliphatic rings. The van der Waals surface area contributed by atoms with Crippen molar-refractivity contribution in [2.45, 2.75) is 51.0 Å². The summed E-state index contributed by atoms with van der Waals surface area (Å²) in [6, 6.07) is 0.443. The summed E-state index contributed by atoms with van der Waals surface area (Å²) in [5.74, 6) is 1.07. The van der Waals surface area contributed by atoms with E-state index in [4.69, 9.17) is 4.74 Å². The van der Waals surface area contributed by atoms with Gasteiger partial charge in [0.05, 0.1) is 5.41 Å². The Morgan fingerprint density at radius 3 is 2.43 bits per heavy atom. The van der Waals surface area contributed by atoms with Crippen LogP contribution < -0.4 is 10.6 Å². The largest absolute Gasteiger partial charge is 0.385 e. The molecule has 7 nitrogen and oxygen atoms in total. The van der Waals surface area contributed by atoms with Gasteiger partial charge in [-0.2, -0.15) is 0 Å². The molecule has 2 rings (SSSR count). The third kappa shape index (κ3) is 7.33. The number of methoxy groups -OCH3 is 1. The van der Waals surface area contributed by atoms with Gasteiger partial charge in [0.25, 0.3) is 0 Å². The second-order valence-electron chi connectivity index (χ2n) is 8.22. The van der Waals surface area contributed by atoms with E-state index in [2.05, 4.69) is 20.5 Å². The van der Waals surface area contributed by atoms with Gasteiger partial charge in [0.15, 0.2) is 5.96 Å². The third-order valence-corrected chi connectivity index (χ3v) is 5.99. The maximum absolute atomic E-state index is 12.7. The molecule has 1 aliphatic carbocycles. The van der Waals surface area contributed by atoms with Crippen LogP contribution >= 0.6 is 24.0 Å². The molecular weight excluding hydrogens is 469 g/mol. The highest BCUT2D eigenvalue weighted by atomic mass is 127. The van der Waals surface area contributed by atoms with Crippen molar-refractivity contribution in [3.05, 3.63) is 0 Å². The van der Waals surface area contributed by atoms with Crippen molar-refractivity contribution in [3.8, 4) is 0 Å². The monoisotopic (exact) mass is 509 g/mol. The lowest BCUT2D eigenvalue weighted by atomic mass is 9.84. The fourth-order valence-corrected chi connectivity index (χ4v) is 4.37. The topological polar surface area (TPSA) is 69.2 Å². The number of piperidine rings is 1. The van der Waals surface area contributed by atoms with E-state index in [1.807, 2.05) is 21.1 Å². The molecule has 0 spiro atoms. The van der Waals surface area contributed by atoms with Crippen LogP contribution in [-0.4, -0.2) is 88.7 Å². The maximum Gasteiger partial charge on any atom is 0.230 e. The lowest BCUT2D eigenvalue weighted by molar-refractivity contribution is -0.138. The van der Waals surface area contributed by atoms with E-state index < -0.39 is 0 Å². The predicted molar refractivity (Wildman–Crippen MR) is 125 cm³/mol. The van der Waals surface area contributed by atoms with Gasteiger partial charge in [-0.3, -0.25) is 9.79 Å². The molecule has 0 aromatic rings. The van der Waals surface area contributed by atoms with Crippen molar-refractivity contribution in [1.29, 1.82) is 0 Å². The summed E-state index contributed by atoms with van der Waals surface area (Å²) in [5.41, 5.74) is -0.272. The number of likely N-dealkylation sites (tertiary alicyclic amines) is 1. The van der Waals surface area contributed by atoms with Crippen LogP contribution in [0.3, 0.4) is 0 Å². The Morgan fingerprint density at radius 1 is 1.25 bits per heavy atom. The number of carbonyl (C=O) groups excluding carboxylic acids is 1. The Morgan fingerprint density at radius 2 is 1.89 bits per heavy atom. The van der Waals surface area contributed by atoms with E-state index in [-0.39, 0.29) is 35.3 Å². The van der Waals surface area contributed by atoms with E-state index in [1.165, 1.54) is 0 Å². The van der Waals surface area contributed by atoms with Crippen LogP contribution in [0.4, 0.5) is 0 Å². The smallest absolute Gasteiger partial charge is 0.230 e. The molecule has 0 aromatic carbocycles. The average molecular weight is 509 g/mol. The summed E-state index contributed by atoms with van der Waals surface area (Å²) >= 11 is 0. The fraction of sp³-hybridized carbons (Fsp3) is 0.900. The Kier molecular flexibility index (Phi) is 11.7. The number of guanidine groups is 1. The first-order chi connectivity index (χ1) is 13.0. The number of rotatable bonds is 8. The van der Waals surface area contributed by atoms with Crippen molar-refractivity contribution in [1.82, 2.24) is 20.4 Å². The summed E-state index contributed by atoms with van der Waals surface area (Å²) < 4.78 is 5.14. The molecule has 0 bridgehead atoms. The van der Waals surface area contributed by atoms with Crippen LogP contribution in [0.2, 0.25) is 0 Å². The van der Waals surface area contributed by atoms with Gasteiger partial charge in [-0.05, 0) is 32.1 Å². The summed E-state index contributed by atoms with van der Waals surface area (Å²) in [4.78, 5) is 21.4. The van der Waals surface area contributed by atoms with Crippen LogP contribution in [0, 0.1) is 5.41 Å². The van der Waals surface area contributed by atoms with Gasteiger partial charge in [0.1, 0.15) is 0 Å². The molecule has 0 unspecified atom stereocenters. The molecule has 0 radical (unpaired) electrons. The first-order valence-corrected chi connectivity index (χ1v) is 10.4. The molecule has 0 atom stereocenters. The first kappa shape index (κ1) is 25.4. The number of ether oxygens (including phenoxy) is 1. The molecule has 1 aliphatic heterocycles. The van der Waals surface area contributed by atoms with E-state index in [0.717, 1.165) is 77.1 Å². The highest BCUT2D eigenvalue weighted by Crippen LogP contribution is 2.38. The molecule has 8 heteroatoms. The van der Waals surface area contributed by atoms with Gasteiger partial charge in [0.2, 0.25) is 5.91 Å². The molecule has 2 N–H and O–H groups in total. The second kappa shape index (κ2) is 12.8. The van der Waals surface area contributed by atoms with Gasteiger partial charge >= 0.3 is 0 Å².